The smallest absolute Gasteiger partial charge is 0.318 e. The van der Waals surface area contributed by atoms with Crippen LogP contribution in [0.15, 0.2) is 24.5 Å². The Morgan fingerprint density at radius 1 is 0.853 bits per heavy atom. The van der Waals surface area contributed by atoms with Crippen LogP contribution >= 0.6 is 23.2 Å². The third-order valence-corrected chi connectivity index (χ3v) is 7.09. The number of aromatic nitrogens is 4. The van der Waals surface area contributed by atoms with Gasteiger partial charge < -0.3 is 9.84 Å². The van der Waals surface area contributed by atoms with Gasteiger partial charge in [-0.3, -0.25) is 9.59 Å². The molecule has 34 heavy (non-hydrogen) atoms. The van der Waals surface area contributed by atoms with Crippen molar-refractivity contribution in [2.24, 2.45) is 0 Å². The summed E-state index contributed by atoms with van der Waals surface area (Å²) in [6, 6.07) is 3.43. The highest BCUT2D eigenvalue weighted by Crippen LogP contribution is 2.40. The van der Waals surface area contributed by atoms with E-state index in [4.69, 9.17) is 27.9 Å². The van der Waals surface area contributed by atoms with E-state index in [0.29, 0.717) is 30.8 Å². The Labute approximate surface area is 209 Å². The van der Waals surface area contributed by atoms with Crippen molar-refractivity contribution in [2.45, 2.75) is 82.0 Å². The zero-order valence-electron chi connectivity index (χ0n) is 19.3. The molecule has 0 saturated heterocycles. The Kier molecular flexibility index (Phi) is 9.19. The molecule has 0 spiro atoms. The number of carbonyl (C=O) groups is 2. The maximum atomic E-state index is 12.3. The van der Waals surface area contributed by atoms with Gasteiger partial charge in [-0.15, -0.1) is 0 Å². The fourth-order valence-electron chi connectivity index (χ4n) is 4.93. The van der Waals surface area contributed by atoms with Crippen LogP contribution < -0.4 is 0 Å². The van der Waals surface area contributed by atoms with Crippen molar-refractivity contribution in [1.82, 2.24) is 19.9 Å². The molecule has 2 fully saturated rings. The zero-order valence-corrected chi connectivity index (χ0v) is 20.8. The number of carboxylic acids is 1. The van der Waals surface area contributed by atoms with E-state index in [9.17, 15) is 14.7 Å². The first-order valence-electron chi connectivity index (χ1n) is 11.7. The van der Waals surface area contributed by atoms with Gasteiger partial charge in [-0.1, -0.05) is 38.5 Å². The summed E-state index contributed by atoms with van der Waals surface area (Å²) < 4.78 is 5.24. The summed E-state index contributed by atoms with van der Waals surface area (Å²) in [4.78, 5) is 39.7. The van der Waals surface area contributed by atoms with Gasteiger partial charge in [0, 0.05) is 12.4 Å². The van der Waals surface area contributed by atoms with E-state index < -0.39 is 16.8 Å². The molecule has 4 rings (SSSR count). The van der Waals surface area contributed by atoms with E-state index in [1.165, 1.54) is 6.20 Å². The standard InChI is InChI=1S/C13H17ClN2O2.C11H13ClN2O2/c1-2-18-11(17)13(7-4-3-5-8-13)10-6-9-15-12(14)16-10;12-10-13-7-4-8(14-10)11(9(15)16)5-2-1-3-6-11/h6,9H,2-5,7-8H2,1H3;4,7H,1-3,5-6H2,(H,15,16). The number of nitrogens with zero attached hydrogens (tertiary/aromatic N) is 4. The molecular formula is C24H30Cl2N4O4. The minimum Gasteiger partial charge on any atom is -0.481 e. The Balaban J connectivity index is 0.000000192. The van der Waals surface area contributed by atoms with Gasteiger partial charge >= 0.3 is 11.9 Å². The van der Waals surface area contributed by atoms with Crippen LogP contribution in [0.1, 0.15) is 82.5 Å². The highest BCUT2D eigenvalue weighted by atomic mass is 35.5. The lowest BCUT2D eigenvalue weighted by molar-refractivity contribution is -0.152. The summed E-state index contributed by atoms with van der Waals surface area (Å²) in [5.74, 6) is -0.985. The predicted molar refractivity (Wildman–Crippen MR) is 128 cm³/mol. The van der Waals surface area contributed by atoms with Crippen molar-refractivity contribution in [2.75, 3.05) is 6.61 Å². The van der Waals surface area contributed by atoms with E-state index >= 15 is 0 Å². The Morgan fingerprint density at radius 3 is 1.71 bits per heavy atom. The van der Waals surface area contributed by atoms with Crippen molar-refractivity contribution < 1.29 is 19.4 Å². The molecule has 2 heterocycles. The molecule has 0 atom stereocenters. The topological polar surface area (TPSA) is 115 Å². The van der Waals surface area contributed by atoms with Gasteiger partial charge in [-0.05, 0) is 67.9 Å². The minimum absolute atomic E-state index is 0.115. The van der Waals surface area contributed by atoms with Gasteiger partial charge in [0.25, 0.3) is 0 Å². The molecular weight excluding hydrogens is 479 g/mol. The molecule has 0 unspecified atom stereocenters. The summed E-state index contributed by atoms with van der Waals surface area (Å²) in [6.45, 7) is 2.21. The lowest BCUT2D eigenvalue weighted by Crippen LogP contribution is -2.40. The van der Waals surface area contributed by atoms with E-state index in [0.717, 1.165) is 51.4 Å². The van der Waals surface area contributed by atoms with E-state index in [2.05, 4.69) is 19.9 Å². The summed E-state index contributed by atoms with van der Waals surface area (Å²) in [6.07, 6.45) is 12.1. The molecule has 10 heteroatoms. The summed E-state index contributed by atoms with van der Waals surface area (Å²) in [5.41, 5.74) is -0.244. The number of hydrogen-bond donors (Lipinski definition) is 1. The second-order valence-corrected chi connectivity index (χ2v) is 9.41. The molecule has 0 aromatic carbocycles. The molecule has 2 aliphatic rings. The number of esters is 1. The Morgan fingerprint density at radius 2 is 1.29 bits per heavy atom. The van der Waals surface area contributed by atoms with Gasteiger partial charge in [-0.2, -0.15) is 0 Å². The van der Waals surface area contributed by atoms with Crippen molar-refractivity contribution in [3.63, 3.8) is 0 Å². The highest BCUT2D eigenvalue weighted by Gasteiger charge is 2.44. The number of halogens is 2. The monoisotopic (exact) mass is 508 g/mol. The van der Waals surface area contributed by atoms with Crippen molar-refractivity contribution >= 4 is 35.1 Å². The Hall–Kier alpha value is -2.32. The molecule has 0 radical (unpaired) electrons. The van der Waals surface area contributed by atoms with Gasteiger partial charge in [0.2, 0.25) is 10.6 Å². The molecule has 2 aliphatic carbocycles. The first-order valence-corrected chi connectivity index (χ1v) is 12.5. The number of hydrogen-bond acceptors (Lipinski definition) is 7. The summed E-state index contributed by atoms with van der Waals surface area (Å²) >= 11 is 11.5. The second kappa shape index (κ2) is 11.9. The fraction of sp³-hybridized carbons (Fsp3) is 0.583. The minimum atomic E-state index is -0.856. The van der Waals surface area contributed by atoms with Crippen molar-refractivity contribution in [3.8, 4) is 0 Å². The van der Waals surface area contributed by atoms with Gasteiger partial charge in [-0.25, -0.2) is 19.9 Å². The first kappa shape index (κ1) is 26.3. The number of rotatable bonds is 5. The van der Waals surface area contributed by atoms with Crippen molar-refractivity contribution in [3.05, 3.63) is 46.5 Å². The average Bonchev–Trinajstić information content (AvgIpc) is 2.85. The van der Waals surface area contributed by atoms with Gasteiger partial charge in [0.05, 0.1) is 18.0 Å². The summed E-state index contributed by atoms with van der Waals surface area (Å²) in [7, 11) is 0. The SMILES string of the molecule is CCOC(=O)C1(c2ccnc(Cl)n2)CCCCC1.O=C(O)C1(c2ccnc(Cl)n2)CCCCC1. The molecule has 2 aromatic rings. The molecule has 1 N–H and O–H groups in total. The molecule has 2 saturated carbocycles. The van der Waals surface area contributed by atoms with Crippen LogP contribution in [0.5, 0.6) is 0 Å². The fourth-order valence-corrected chi connectivity index (χ4v) is 5.22. The number of ether oxygens (including phenoxy) is 1. The van der Waals surface area contributed by atoms with Crippen LogP contribution in [-0.2, 0) is 25.2 Å². The zero-order chi connectivity index (χ0) is 24.6. The van der Waals surface area contributed by atoms with Crippen molar-refractivity contribution in [1.29, 1.82) is 0 Å². The summed E-state index contributed by atoms with van der Waals surface area (Å²) in [5, 5.41) is 9.73. The lowest BCUT2D eigenvalue weighted by Gasteiger charge is -2.34. The molecule has 0 bridgehead atoms. The molecule has 184 valence electrons. The highest BCUT2D eigenvalue weighted by molar-refractivity contribution is 6.28. The van der Waals surface area contributed by atoms with E-state index in [-0.39, 0.29) is 16.5 Å². The van der Waals surface area contributed by atoms with Crippen LogP contribution in [0.4, 0.5) is 0 Å². The predicted octanol–water partition coefficient (Wildman–Crippen LogP) is 5.31. The second-order valence-electron chi connectivity index (χ2n) is 8.73. The third kappa shape index (κ3) is 5.84. The maximum Gasteiger partial charge on any atom is 0.318 e. The van der Waals surface area contributed by atoms with Gasteiger partial charge in [0.1, 0.15) is 10.8 Å². The Bertz CT molecular complexity index is 992. The number of aliphatic carboxylic acids is 1. The van der Waals surface area contributed by atoms with E-state index in [1.54, 1.807) is 18.3 Å². The van der Waals surface area contributed by atoms with Crippen LogP contribution in [0.25, 0.3) is 0 Å². The molecule has 8 nitrogen and oxygen atoms in total. The third-order valence-electron chi connectivity index (χ3n) is 6.72. The van der Waals surface area contributed by atoms with Crippen LogP contribution in [-0.4, -0.2) is 43.6 Å². The normalized spacial score (nSPS) is 18.8. The quantitative estimate of drug-likeness (QED) is 0.426. The molecule has 0 aliphatic heterocycles. The van der Waals surface area contributed by atoms with Gasteiger partial charge in [0.15, 0.2) is 0 Å². The van der Waals surface area contributed by atoms with E-state index in [1.807, 2.05) is 6.92 Å². The number of carbonyl (C=O) groups excluding carboxylic acids is 1. The first-order chi connectivity index (χ1) is 16.3. The average molecular weight is 509 g/mol. The largest absolute Gasteiger partial charge is 0.481 e. The maximum absolute atomic E-state index is 12.3. The van der Waals surface area contributed by atoms with Crippen LogP contribution in [0.3, 0.4) is 0 Å². The lowest BCUT2D eigenvalue weighted by atomic mass is 9.71. The molecule has 2 aromatic heterocycles. The molecule has 0 amide bonds. The number of carboxylic acid groups (broad SMARTS) is 1. The van der Waals surface area contributed by atoms with Crippen LogP contribution in [0.2, 0.25) is 10.6 Å². The van der Waals surface area contributed by atoms with Crippen LogP contribution in [0, 0.1) is 0 Å².